The molecular weight excluding hydrogens is 318 g/mol. The number of carbonyl (C=O) groups excluding carboxylic acids is 1. The van der Waals surface area contributed by atoms with Gasteiger partial charge in [0.15, 0.2) is 10.8 Å². The Bertz CT molecular complexity index is 1010. The third-order valence-corrected chi connectivity index (χ3v) is 5.12. The molecule has 0 radical (unpaired) electrons. The molecule has 0 spiro atoms. The van der Waals surface area contributed by atoms with E-state index in [9.17, 15) is 4.79 Å². The summed E-state index contributed by atoms with van der Waals surface area (Å²) in [5.74, 6) is -0.259. The summed E-state index contributed by atoms with van der Waals surface area (Å²) in [7, 11) is 1.77. The van der Waals surface area contributed by atoms with Crippen LogP contribution in [0.5, 0.6) is 0 Å². The van der Waals surface area contributed by atoms with Crippen LogP contribution in [-0.4, -0.2) is 25.7 Å². The third kappa shape index (κ3) is 2.16. The molecule has 0 saturated heterocycles. The highest BCUT2D eigenvalue weighted by Gasteiger charge is 2.14. The maximum absolute atomic E-state index is 12.1. The minimum Gasteiger partial charge on any atom is -0.296 e. The van der Waals surface area contributed by atoms with Crippen LogP contribution in [-0.2, 0) is 7.05 Å². The zero-order valence-electron chi connectivity index (χ0n) is 11.8. The summed E-state index contributed by atoms with van der Waals surface area (Å²) in [6.07, 6.45) is 1.73. The first-order valence-electron chi connectivity index (χ1n) is 6.58. The smallest absolute Gasteiger partial charge is 0.277 e. The number of carbonyl (C=O) groups is 1. The first kappa shape index (κ1) is 13.4. The molecule has 0 aliphatic carbocycles. The molecule has 6 nitrogen and oxygen atoms in total. The van der Waals surface area contributed by atoms with Crippen LogP contribution in [0.2, 0.25) is 0 Å². The second-order valence-corrected chi connectivity index (χ2v) is 7.08. The Kier molecular flexibility index (Phi) is 2.95. The zero-order valence-corrected chi connectivity index (χ0v) is 13.5. The lowest BCUT2D eigenvalue weighted by molar-refractivity contribution is 0.102. The van der Waals surface area contributed by atoms with E-state index >= 15 is 0 Å². The average Bonchev–Trinajstić information content (AvgIpc) is 3.15. The molecule has 0 bridgehead atoms. The van der Waals surface area contributed by atoms with Gasteiger partial charge in [0.25, 0.3) is 5.91 Å². The van der Waals surface area contributed by atoms with Crippen molar-refractivity contribution in [2.75, 3.05) is 5.32 Å². The fourth-order valence-electron chi connectivity index (χ4n) is 2.24. The highest BCUT2D eigenvalue weighted by atomic mass is 32.1. The van der Waals surface area contributed by atoms with Gasteiger partial charge in [0, 0.05) is 13.2 Å². The Balaban J connectivity index is 1.73. The van der Waals surface area contributed by atoms with Crippen molar-refractivity contribution in [3.05, 3.63) is 35.1 Å². The fourth-order valence-corrected chi connectivity index (χ4v) is 4.09. The van der Waals surface area contributed by atoms with Gasteiger partial charge in [0.05, 0.1) is 19.9 Å². The number of amides is 1. The summed E-state index contributed by atoms with van der Waals surface area (Å²) in [5.41, 5.74) is 2.17. The van der Waals surface area contributed by atoms with E-state index in [1.807, 2.05) is 19.1 Å². The summed E-state index contributed by atoms with van der Waals surface area (Å²) < 4.78 is 3.73. The first-order chi connectivity index (χ1) is 10.6. The molecule has 0 saturated carbocycles. The Hall–Kier alpha value is -2.32. The van der Waals surface area contributed by atoms with E-state index < -0.39 is 0 Å². The van der Waals surface area contributed by atoms with E-state index in [4.69, 9.17) is 0 Å². The second kappa shape index (κ2) is 4.85. The van der Waals surface area contributed by atoms with Crippen molar-refractivity contribution in [1.82, 2.24) is 19.7 Å². The van der Waals surface area contributed by atoms with Crippen molar-refractivity contribution in [3.63, 3.8) is 0 Å². The van der Waals surface area contributed by atoms with E-state index in [0.29, 0.717) is 10.8 Å². The number of rotatable bonds is 2. The van der Waals surface area contributed by atoms with Gasteiger partial charge < -0.3 is 0 Å². The van der Waals surface area contributed by atoms with Crippen LogP contribution in [0.15, 0.2) is 24.4 Å². The average molecular weight is 329 g/mol. The van der Waals surface area contributed by atoms with Crippen LogP contribution in [0.3, 0.4) is 0 Å². The van der Waals surface area contributed by atoms with Gasteiger partial charge in [-0.05, 0) is 25.1 Å². The molecule has 4 aromatic rings. The monoisotopic (exact) mass is 329 g/mol. The van der Waals surface area contributed by atoms with Gasteiger partial charge in [-0.25, -0.2) is 9.97 Å². The molecule has 0 fully saturated rings. The summed E-state index contributed by atoms with van der Waals surface area (Å²) in [6, 6.07) is 5.65. The minimum atomic E-state index is -0.259. The van der Waals surface area contributed by atoms with Crippen LogP contribution >= 0.6 is 22.7 Å². The van der Waals surface area contributed by atoms with Gasteiger partial charge in [-0.1, -0.05) is 11.3 Å². The lowest BCUT2D eigenvalue weighted by atomic mass is 10.3. The largest absolute Gasteiger partial charge is 0.296 e. The predicted molar refractivity (Wildman–Crippen MR) is 88.7 cm³/mol. The molecule has 4 rings (SSSR count). The zero-order chi connectivity index (χ0) is 15.3. The highest BCUT2D eigenvalue weighted by Crippen LogP contribution is 2.34. The van der Waals surface area contributed by atoms with E-state index in [1.54, 1.807) is 35.3 Å². The number of hydrogen-bond donors (Lipinski definition) is 1. The molecule has 1 aromatic carbocycles. The van der Waals surface area contributed by atoms with Crippen molar-refractivity contribution in [2.24, 2.45) is 7.05 Å². The number of benzene rings is 1. The molecule has 0 atom stereocenters. The summed E-state index contributed by atoms with van der Waals surface area (Å²) in [6.45, 7) is 1.99. The number of anilines is 1. The van der Waals surface area contributed by atoms with Crippen LogP contribution in [0.25, 0.3) is 20.4 Å². The van der Waals surface area contributed by atoms with E-state index in [1.165, 1.54) is 11.3 Å². The predicted octanol–water partition coefficient (Wildman–Crippen LogP) is 3.20. The minimum absolute atomic E-state index is 0.259. The Morgan fingerprint density at radius 3 is 2.86 bits per heavy atom. The van der Waals surface area contributed by atoms with Gasteiger partial charge in [0.2, 0.25) is 0 Å². The number of aromatic nitrogens is 4. The number of aryl methyl sites for hydroxylation is 2. The molecule has 8 heteroatoms. The van der Waals surface area contributed by atoms with E-state index in [-0.39, 0.29) is 5.91 Å². The molecule has 1 amide bonds. The van der Waals surface area contributed by atoms with Gasteiger partial charge >= 0.3 is 0 Å². The molecule has 0 aliphatic rings. The van der Waals surface area contributed by atoms with Crippen LogP contribution in [0.4, 0.5) is 5.13 Å². The molecule has 1 N–H and O–H groups in total. The molecule has 3 aromatic heterocycles. The third-order valence-electron chi connectivity index (χ3n) is 3.19. The summed E-state index contributed by atoms with van der Waals surface area (Å²) in [4.78, 5) is 21.2. The van der Waals surface area contributed by atoms with Crippen LogP contribution in [0, 0.1) is 6.92 Å². The Morgan fingerprint density at radius 2 is 2.09 bits per heavy atom. The lowest BCUT2D eigenvalue weighted by Gasteiger charge is -1.96. The van der Waals surface area contributed by atoms with Crippen LogP contribution in [0.1, 0.15) is 15.5 Å². The maximum Gasteiger partial charge on any atom is 0.277 e. The number of nitrogens with one attached hydrogen (secondary N) is 1. The highest BCUT2D eigenvalue weighted by molar-refractivity contribution is 7.24. The maximum atomic E-state index is 12.1. The fraction of sp³-hybridized carbons (Fsp3) is 0.143. The molecule has 110 valence electrons. The van der Waals surface area contributed by atoms with E-state index in [2.05, 4.69) is 20.4 Å². The quantitative estimate of drug-likeness (QED) is 0.613. The first-order valence-corrected chi connectivity index (χ1v) is 8.21. The summed E-state index contributed by atoms with van der Waals surface area (Å²) >= 11 is 3.09. The van der Waals surface area contributed by atoms with Crippen molar-refractivity contribution in [3.8, 4) is 0 Å². The van der Waals surface area contributed by atoms with Gasteiger partial charge in [0.1, 0.15) is 5.52 Å². The lowest BCUT2D eigenvalue weighted by Crippen LogP contribution is -2.12. The standard InChI is InChI=1S/C14H11N5OS2/c1-7-15-11-10(21-7)4-3-8-12(11)22-14(16-8)17-13(20)9-5-6-19(2)18-9/h3-6H,1-2H3,(H,16,17,20). The molecule has 0 aliphatic heterocycles. The SMILES string of the molecule is Cc1nc2c(ccc3nc(NC(=O)c4ccn(C)n4)sc32)s1. The number of fused-ring (bicyclic) bond motifs is 3. The number of thiazole rings is 2. The van der Waals surface area contributed by atoms with E-state index in [0.717, 1.165) is 25.4 Å². The Labute approximate surface area is 133 Å². The van der Waals surface area contributed by atoms with Crippen molar-refractivity contribution in [2.45, 2.75) is 6.92 Å². The van der Waals surface area contributed by atoms with Crippen molar-refractivity contribution >= 4 is 54.1 Å². The summed E-state index contributed by atoms with van der Waals surface area (Å²) in [5, 5.41) is 8.47. The second-order valence-electron chi connectivity index (χ2n) is 4.84. The van der Waals surface area contributed by atoms with Crippen molar-refractivity contribution < 1.29 is 4.79 Å². The number of nitrogens with zero attached hydrogens (tertiary/aromatic N) is 4. The van der Waals surface area contributed by atoms with Crippen molar-refractivity contribution in [1.29, 1.82) is 0 Å². The van der Waals surface area contributed by atoms with Gasteiger partial charge in [-0.3, -0.25) is 14.8 Å². The van der Waals surface area contributed by atoms with Gasteiger partial charge in [-0.15, -0.1) is 11.3 Å². The Morgan fingerprint density at radius 1 is 1.23 bits per heavy atom. The molecular formula is C14H11N5OS2. The molecule has 22 heavy (non-hydrogen) atoms. The normalized spacial score (nSPS) is 11.4. The topological polar surface area (TPSA) is 72.7 Å². The van der Waals surface area contributed by atoms with Crippen LogP contribution < -0.4 is 5.32 Å². The van der Waals surface area contributed by atoms with Gasteiger partial charge in [-0.2, -0.15) is 5.10 Å². The molecule has 3 heterocycles. The number of hydrogen-bond acceptors (Lipinski definition) is 6. The molecule has 0 unspecified atom stereocenters.